The molecule has 0 saturated carbocycles. The molecule has 1 heterocycles. The molecule has 1 fully saturated rings. The fraction of sp³-hybridized carbons (Fsp3) is 0.300. The maximum Gasteiger partial charge on any atom is 0.270 e. The predicted octanol–water partition coefficient (Wildman–Crippen LogP) is 3.06. The van der Waals surface area contributed by atoms with Crippen molar-refractivity contribution in [1.29, 1.82) is 0 Å². The number of carbonyl (C=O) groups excluding carboxylic acids is 1. The van der Waals surface area contributed by atoms with E-state index in [9.17, 15) is 14.9 Å². The van der Waals surface area contributed by atoms with Gasteiger partial charge in [0.2, 0.25) is 0 Å². The normalized spacial score (nSPS) is 15.3. The van der Waals surface area contributed by atoms with Crippen molar-refractivity contribution in [2.45, 2.75) is 17.1 Å². The molecule has 1 aliphatic rings. The van der Waals surface area contributed by atoms with Gasteiger partial charge in [0.05, 0.1) is 29.6 Å². The Hall–Kier alpha value is -2.91. The van der Waals surface area contributed by atoms with Crippen LogP contribution >= 0.6 is 11.8 Å². The zero-order valence-electron chi connectivity index (χ0n) is 16.0. The third-order valence-electron chi connectivity index (χ3n) is 4.38. The Morgan fingerprint density at radius 1 is 1.28 bits per heavy atom. The highest BCUT2D eigenvalue weighted by atomic mass is 32.2. The molecule has 1 saturated heterocycles. The van der Waals surface area contributed by atoms with Gasteiger partial charge >= 0.3 is 0 Å². The van der Waals surface area contributed by atoms with Crippen molar-refractivity contribution in [3.63, 3.8) is 0 Å². The van der Waals surface area contributed by atoms with E-state index in [4.69, 9.17) is 4.74 Å². The minimum atomic E-state index is -0.447. The van der Waals surface area contributed by atoms with Crippen LogP contribution < -0.4 is 10.3 Å². The molecule has 1 amide bonds. The minimum Gasteiger partial charge on any atom is -0.378 e. The maximum absolute atomic E-state index is 12.3. The molecule has 2 aromatic rings. The molecule has 9 heteroatoms. The Morgan fingerprint density at radius 3 is 2.69 bits per heavy atom. The Balaban J connectivity index is 1.70. The highest BCUT2D eigenvalue weighted by Crippen LogP contribution is 2.25. The average molecular weight is 414 g/mol. The fourth-order valence-corrected chi connectivity index (χ4v) is 3.75. The summed E-state index contributed by atoms with van der Waals surface area (Å²) in [6.07, 6.45) is 1.45. The number of nitrogens with zero attached hydrogens (tertiary/aromatic N) is 3. The van der Waals surface area contributed by atoms with Crippen LogP contribution in [0.5, 0.6) is 0 Å². The van der Waals surface area contributed by atoms with Crippen LogP contribution in [0.15, 0.2) is 58.5 Å². The second-order valence-corrected chi connectivity index (χ2v) is 7.82. The van der Waals surface area contributed by atoms with Crippen LogP contribution in [0.2, 0.25) is 0 Å². The number of carbonyl (C=O) groups is 1. The number of nitro groups is 1. The van der Waals surface area contributed by atoms with Gasteiger partial charge in [0, 0.05) is 41.4 Å². The first-order chi connectivity index (χ1) is 14.0. The van der Waals surface area contributed by atoms with Gasteiger partial charge in [-0.25, -0.2) is 5.43 Å². The van der Waals surface area contributed by atoms with E-state index in [1.807, 2.05) is 30.3 Å². The van der Waals surface area contributed by atoms with Crippen molar-refractivity contribution in [2.75, 3.05) is 31.2 Å². The zero-order valence-corrected chi connectivity index (χ0v) is 16.8. The van der Waals surface area contributed by atoms with E-state index < -0.39 is 4.92 Å². The Labute approximate surface area is 173 Å². The van der Waals surface area contributed by atoms with Gasteiger partial charge in [0.15, 0.2) is 0 Å². The van der Waals surface area contributed by atoms with Gasteiger partial charge < -0.3 is 9.64 Å². The van der Waals surface area contributed by atoms with Crippen molar-refractivity contribution >= 4 is 35.3 Å². The number of ether oxygens (including phenoxy) is 1. The molecule has 1 aliphatic heterocycles. The van der Waals surface area contributed by atoms with E-state index in [0.29, 0.717) is 31.9 Å². The second kappa shape index (κ2) is 10.0. The number of nitro benzene ring substituents is 1. The number of hydrogen-bond donors (Lipinski definition) is 1. The standard InChI is InChI=1S/C20H22N4O4S/c1-15(29-18-5-3-2-4-6-18)20(25)22-21-14-16-13-17(24(26)27)7-8-19(16)23-9-11-28-12-10-23/h2-8,13-15H,9-12H2,1H3,(H,22,25)/b21-14+. The molecule has 2 aromatic carbocycles. The number of non-ortho nitro benzene ring substituents is 1. The molecule has 0 spiro atoms. The fourth-order valence-electron chi connectivity index (χ4n) is 2.86. The van der Waals surface area contributed by atoms with E-state index in [1.165, 1.54) is 30.1 Å². The van der Waals surface area contributed by atoms with Gasteiger partial charge in [0.1, 0.15) is 0 Å². The lowest BCUT2D eigenvalue weighted by Crippen LogP contribution is -2.36. The van der Waals surface area contributed by atoms with Gasteiger partial charge in [-0.1, -0.05) is 18.2 Å². The van der Waals surface area contributed by atoms with E-state index in [0.717, 1.165) is 10.6 Å². The molecule has 0 aromatic heterocycles. The smallest absolute Gasteiger partial charge is 0.270 e. The second-order valence-electron chi connectivity index (χ2n) is 6.41. The van der Waals surface area contributed by atoms with E-state index in [-0.39, 0.29) is 16.8 Å². The molecule has 3 rings (SSSR count). The summed E-state index contributed by atoms with van der Waals surface area (Å²) >= 11 is 1.43. The third-order valence-corrected chi connectivity index (χ3v) is 5.49. The first-order valence-corrected chi connectivity index (χ1v) is 10.1. The van der Waals surface area contributed by atoms with Crippen molar-refractivity contribution in [3.8, 4) is 0 Å². The van der Waals surface area contributed by atoms with Crippen molar-refractivity contribution in [2.24, 2.45) is 5.10 Å². The summed E-state index contributed by atoms with van der Waals surface area (Å²) in [5.74, 6) is -0.242. The number of anilines is 1. The van der Waals surface area contributed by atoms with E-state index in [2.05, 4.69) is 15.4 Å². The molecular formula is C20H22N4O4S. The number of hydrogen-bond acceptors (Lipinski definition) is 7. The molecule has 152 valence electrons. The summed E-state index contributed by atoms with van der Waals surface area (Å²) in [6.45, 7) is 4.37. The van der Waals surface area contributed by atoms with Crippen LogP contribution in [0.4, 0.5) is 11.4 Å². The lowest BCUT2D eigenvalue weighted by atomic mass is 10.1. The summed E-state index contributed by atoms with van der Waals surface area (Å²) in [7, 11) is 0. The van der Waals surface area contributed by atoms with Crippen molar-refractivity contribution in [3.05, 3.63) is 64.2 Å². The molecule has 8 nitrogen and oxygen atoms in total. The molecule has 0 radical (unpaired) electrons. The zero-order chi connectivity index (χ0) is 20.6. The largest absolute Gasteiger partial charge is 0.378 e. The van der Waals surface area contributed by atoms with Crippen LogP contribution in [0.25, 0.3) is 0 Å². The van der Waals surface area contributed by atoms with Crippen LogP contribution in [-0.2, 0) is 9.53 Å². The first-order valence-electron chi connectivity index (χ1n) is 9.20. The predicted molar refractivity (Wildman–Crippen MR) is 114 cm³/mol. The molecule has 0 bridgehead atoms. The molecular weight excluding hydrogens is 392 g/mol. The number of benzene rings is 2. The number of amides is 1. The van der Waals surface area contributed by atoms with E-state index >= 15 is 0 Å². The number of rotatable bonds is 7. The SMILES string of the molecule is CC(Sc1ccccc1)C(=O)N/N=C/c1cc([N+](=O)[O-])ccc1N1CCOCC1. The van der Waals surface area contributed by atoms with Crippen LogP contribution in [0.3, 0.4) is 0 Å². The summed E-state index contributed by atoms with van der Waals surface area (Å²) in [5.41, 5.74) is 3.90. The molecule has 1 atom stereocenters. The van der Waals surface area contributed by atoms with Crippen LogP contribution in [0.1, 0.15) is 12.5 Å². The highest BCUT2D eigenvalue weighted by Gasteiger charge is 2.18. The highest BCUT2D eigenvalue weighted by molar-refractivity contribution is 8.00. The van der Waals surface area contributed by atoms with Gasteiger partial charge in [0.25, 0.3) is 11.6 Å². The quantitative estimate of drug-likeness (QED) is 0.324. The summed E-state index contributed by atoms with van der Waals surface area (Å²) in [4.78, 5) is 26.1. The Morgan fingerprint density at radius 2 is 2.00 bits per heavy atom. The molecule has 0 aliphatic carbocycles. The Bertz CT molecular complexity index is 885. The van der Waals surface area contributed by atoms with Gasteiger partial charge in [-0.2, -0.15) is 5.10 Å². The molecule has 1 N–H and O–H groups in total. The van der Waals surface area contributed by atoms with Crippen molar-refractivity contribution < 1.29 is 14.5 Å². The number of morpholine rings is 1. The van der Waals surface area contributed by atoms with Crippen LogP contribution in [-0.4, -0.2) is 48.6 Å². The summed E-state index contributed by atoms with van der Waals surface area (Å²) in [5, 5.41) is 14.8. The van der Waals surface area contributed by atoms with Gasteiger partial charge in [-0.05, 0) is 25.1 Å². The topological polar surface area (TPSA) is 97.1 Å². The van der Waals surface area contributed by atoms with Crippen molar-refractivity contribution in [1.82, 2.24) is 5.43 Å². The summed E-state index contributed by atoms with van der Waals surface area (Å²) < 4.78 is 5.37. The first kappa shape index (κ1) is 20.8. The average Bonchev–Trinajstić information content (AvgIpc) is 2.75. The van der Waals surface area contributed by atoms with Crippen LogP contribution in [0, 0.1) is 10.1 Å². The lowest BCUT2D eigenvalue weighted by Gasteiger charge is -2.29. The third kappa shape index (κ3) is 5.78. The number of hydrazone groups is 1. The lowest BCUT2D eigenvalue weighted by molar-refractivity contribution is -0.384. The maximum atomic E-state index is 12.3. The van der Waals surface area contributed by atoms with Gasteiger partial charge in [-0.15, -0.1) is 11.8 Å². The number of nitrogens with one attached hydrogen (secondary N) is 1. The number of thioether (sulfide) groups is 1. The van der Waals surface area contributed by atoms with E-state index in [1.54, 1.807) is 13.0 Å². The monoisotopic (exact) mass is 414 g/mol. The summed E-state index contributed by atoms with van der Waals surface area (Å²) in [6, 6.07) is 14.3. The molecule has 1 unspecified atom stereocenters. The van der Waals surface area contributed by atoms with Gasteiger partial charge in [-0.3, -0.25) is 14.9 Å². The Kier molecular flexibility index (Phi) is 7.20. The molecule has 29 heavy (non-hydrogen) atoms. The minimum absolute atomic E-state index is 0.0252.